The third-order valence-electron chi connectivity index (χ3n) is 4.97. The SMILES string of the molecule is Cc1cc(C2CCCN(Cc3ccc(C)c(I)c3)C2)n2ncnc2n1. The Morgan fingerprint density at radius 2 is 2.12 bits per heavy atom. The quantitative estimate of drug-likeness (QED) is 0.575. The second-order valence-corrected chi connectivity index (χ2v) is 8.11. The number of nitrogens with zero attached hydrogens (tertiary/aromatic N) is 5. The third kappa shape index (κ3) is 3.55. The molecule has 0 N–H and O–H groups in total. The molecule has 0 saturated carbocycles. The number of halogens is 1. The standard InChI is InChI=1S/C19H22IN5/c1-13-5-6-15(9-17(13)20)10-24-7-3-4-16(11-24)18-8-14(2)23-19-21-12-22-25(18)19/h5-6,8-9,12,16H,3-4,7,10-11H2,1-2H3. The molecule has 3 aromatic rings. The highest BCUT2D eigenvalue weighted by molar-refractivity contribution is 14.1. The first-order valence-corrected chi connectivity index (χ1v) is 9.82. The van der Waals surface area contributed by atoms with E-state index in [0.717, 1.165) is 25.3 Å². The number of benzene rings is 1. The molecule has 6 heteroatoms. The van der Waals surface area contributed by atoms with Crippen molar-refractivity contribution in [3.63, 3.8) is 0 Å². The minimum absolute atomic E-state index is 0.476. The van der Waals surface area contributed by atoms with Crippen molar-refractivity contribution < 1.29 is 0 Å². The molecule has 0 radical (unpaired) electrons. The van der Waals surface area contributed by atoms with Crippen molar-refractivity contribution in [2.45, 2.75) is 39.2 Å². The van der Waals surface area contributed by atoms with E-state index in [1.165, 1.54) is 33.2 Å². The first kappa shape index (κ1) is 16.9. The Morgan fingerprint density at radius 3 is 2.96 bits per heavy atom. The van der Waals surface area contributed by atoms with Gasteiger partial charge in [-0.3, -0.25) is 4.90 Å². The number of likely N-dealkylation sites (tertiary alicyclic amines) is 1. The van der Waals surface area contributed by atoms with Crippen molar-refractivity contribution in [1.29, 1.82) is 0 Å². The van der Waals surface area contributed by atoms with Crippen LogP contribution in [0.4, 0.5) is 0 Å². The van der Waals surface area contributed by atoms with Gasteiger partial charge in [0.1, 0.15) is 6.33 Å². The van der Waals surface area contributed by atoms with Crippen LogP contribution < -0.4 is 0 Å². The van der Waals surface area contributed by atoms with Gasteiger partial charge in [0, 0.05) is 28.3 Å². The van der Waals surface area contributed by atoms with Crippen LogP contribution in [0, 0.1) is 17.4 Å². The summed E-state index contributed by atoms with van der Waals surface area (Å²) >= 11 is 2.43. The maximum Gasteiger partial charge on any atom is 0.252 e. The molecule has 1 unspecified atom stereocenters. The van der Waals surface area contributed by atoms with E-state index < -0.39 is 0 Å². The lowest BCUT2D eigenvalue weighted by Gasteiger charge is -2.33. The number of hydrogen-bond acceptors (Lipinski definition) is 4. The fraction of sp³-hybridized carbons (Fsp3) is 0.421. The van der Waals surface area contributed by atoms with Gasteiger partial charge < -0.3 is 0 Å². The molecule has 1 fully saturated rings. The molecule has 2 aromatic heterocycles. The average molecular weight is 447 g/mol. The molecular weight excluding hydrogens is 425 g/mol. The monoisotopic (exact) mass is 447 g/mol. The number of fused-ring (bicyclic) bond motifs is 1. The average Bonchev–Trinajstić information content (AvgIpc) is 3.06. The fourth-order valence-electron chi connectivity index (χ4n) is 3.68. The maximum absolute atomic E-state index is 4.47. The lowest BCUT2D eigenvalue weighted by molar-refractivity contribution is 0.197. The molecule has 130 valence electrons. The summed E-state index contributed by atoms with van der Waals surface area (Å²) in [4.78, 5) is 11.3. The molecular formula is C19H22IN5. The van der Waals surface area contributed by atoms with E-state index in [2.05, 4.69) is 73.7 Å². The van der Waals surface area contributed by atoms with Gasteiger partial charge in [-0.2, -0.15) is 10.1 Å². The lowest BCUT2D eigenvalue weighted by Crippen LogP contribution is -2.34. The number of rotatable bonds is 3. The molecule has 1 aliphatic rings. The van der Waals surface area contributed by atoms with Crippen LogP contribution in [-0.4, -0.2) is 37.6 Å². The van der Waals surface area contributed by atoms with Crippen molar-refractivity contribution in [3.05, 3.63) is 56.7 Å². The molecule has 1 aliphatic heterocycles. The Kier molecular flexibility index (Phi) is 4.73. The largest absolute Gasteiger partial charge is 0.298 e. The van der Waals surface area contributed by atoms with E-state index in [1.807, 2.05) is 11.4 Å². The summed E-state index contributed by atoms with van der Waals surface area (Å²) in [5.74, 6) is 1.18. The van der Waals surface area contributed by atoms with Crippen molar-refractivity contribution in [2.75, 3.05) is 13.1 Å². The van der Waals surface area contributed by atoms with E-state index in [4.69, 9.17) is 0 Å². The summed E-state index contributed by atoms with van der Waals surface area (Å²) < 4.78 is 3.26. The fourth-order valence-corrected chi connectivity index (χ4v) is 4.26. The molecule has 25 heavy (non-hydrogen) atoms. The van der Waals surface area contributed by atoms with Gasteiger partial charge >= 0.3 is 0 Å². The highest BCUT2D eigenvalue weighted by Crippen LogP contribution is 2.28. The van der Waals surface area contributed by atoms with Crippen LogP contribution in [0.3, 0.4) is 0 Å². The highest BCUT2D eigenvalue weighted by atomic mass is 127. The van der Waals surface area contributed by atoms with Crippen LogP contribution in [0.25, 0.3) is 5.78 Å². The first-order valence-electron chi connectivity index (χ1n) is 8.75. The predicted molar refractivity (Wildman–Crippen MR) is 107 cm³/mol. The maximum atomic E-state index is 4.47. The third-order valence-corrected chi connectivity index (χ3v) is 6.14. The van der Waals surface area contributed by atoms with E-state index in [-0.39, 0.29) is 0 Å². The minimum Gasteiger partial charge on any atom is -0.298 e. The summed E-state index contributed by atoms with van der Waals surface area (Å²) in [7, 11) is 0. The van der Waals surface area contributed by atoms with Crippen molar-refractivity contribution in [2.24, 2.45) is 0 Å². The minimum atomic E-state index is 0.476. The van der Waals surface area contributed by atoms with Crippen molar-refractivity contribution in [1.82, 2.24) is 24.5 Å². The summed E-state index contributed by atoms with van der Waals surface area (Å²) in [6.07, 6.45) is 4.01. The molecule has 1 atom stereocenters. The number of hydrogen-bond donors (Lipinski definition) is 0. The number of aryl methyl sites for hydroxylation is 2. The Balaban J connectivity index is 1.56. The Hall–Kier alpha value is -1.54. The number of piperidine rings is 1. The summed E-state index contributed by atoms with van der Waals surface area (Å²) in [6, 6.07) is 8.97. The summed E-state index contributed by atoms with van der Waals surface area (Å²) in [5.41, 5.74) is 5.00. The molecule has 0 aliphatic carbocycles. The zero-order chi connectivity index (χ0) is 17.4. The second-order valence-electron chi connectivity index (χ2n) is 6.95. The zero-order valence-electron chi connectivity index (χ0n) is 14.6. The van der Waals surface area contributed by atoms with Crippen LogP contribution >= 0.6 is 22.6 Å². The van der Waals surface area contributed by atoms with Crippen LogP contribution in [-0.2, 0) is 6.54 Å². The molecule has 3 heterocycles. The molecule has 0 spiro atoms. The van der Waals surface area contributed by atoms with E-state index >= 15 is 0 Å². The van der Waals surface area contributed by atoms with Gasteiger partial charge in [0.15, 0.2) is 0 Å². The van der Waals surface area contributed by atoms with Crippen LogP contribution in [0.1, 0.15) is 41.3 Å². The highest BCUT2D eigenvalue weighted by Gasteiger charge is 2.24. The van der Waals surface area contributed by atoms with Gasteiger partial charge in [-0.05, 0) is 79.1 Å². The second kappa shape index (κ2) is 6.99. The molecule has 0 amide bonds. The lowest BCUT2D eigenvalue weighted by atomic mass is 9.93. The van der Waals surface area contributed by atoms with Crippen molar-refractivity contribution >= 4 is 28.4 Å². The predicted octanol–water partition coefficient (Wildman–Crippen LogP) is 3.73. The first-order chi connectivity index (χ1) is 12.1. The Morgan fingerprint density at radius 1 is 1.24 bits per heavy atom. The van der Waals surface area contributed by atoms with Gasteiger partial charge in [0.05, 0.1) is 5.69 Å². The normalized spacial score (nSPS) is 18.8. The summed E-state index contributed by atoms with van der Waals surface area (Å²) in [5, 5.41) is 4.39. The molecule has 4 rings (SSSR count). The number of aromatic nitrogens is 4. The van der Waals surface area contributed by atoms with Gasteiger partial charge in [-0.1, -0.05) is 12.1 Å². The topological polar surface area (TPSA) is 46.3 Å². The molecule has 1 saturated heterocycles. The van der Waals surface area contributed by atoms with Crippen LogP contribution in [0.2, 0.25) is 0 Å². The summed E-state index contributed by atoms with van der Waals surface area (Å²) in [6.45, 7) is 7.43. The van der Waals surface area contributed by atoms with Crippen LogP contribution in [0.5, 0.6) is 0 Å². The van der Waals surface area contributed by atoms with Gasteiger partial charge in [0.2, 0.25) is 0 Å². The van der Waals surface area contributed by atoms with E-state index in [9.17, 15) is 0 Å². The Bertz CT molecular complexity index is 904. The van der Waals surface area contributed by atoms with Gasteiger partial charge in [0.25, 0.3) is 5.78 Å². The molecule has 0 bridgehead atoms. The van der Waals surface area contributed by atoms with Gasteiger partial charge in [-0.25, -0.2) is 9.50 Å². The van der Waals surface area contributed by atoms with Gasteiger partial charge in [-0.15, -0.1) is 0 Å². The van der Waals surface area contributed by atoms with Crippen molar-refractivity contribution in [3.8, 4) is 0 Å². The van der Waals surface area contributed by atoms with E-state index in [0.29, 0.717) is 11.7 Å². The Labute approximate surface area is 161 Å². The molecule has 1 aromatic carbocycles. The zero-order valence-corrected chi connectivity index (χ0v) is 16.8. The van der Waals surface area contributed by atoms with E-state index in [1.54, 1.807) is 6.33 Å². The van der Waals surface area contributed by atoms with Crippen LogP contribution in [0.15, 0.2) is 30.6 Å². The smallest absolute Gasteiger partial charge is 0.252 e. The molecule has 5 nitrogen and oxygen atoms in total.